The second kappa shape index (κ2) is 6.34. The van der Waals surface area contributed by atoms with Gasteiger partial charge in [0.2, 0.25) is 9.84 Å². The van der Waals surface area contributed by atoms with E-state index in [1.165, 1.54) is 17.0 Å². The van der Waals surface area contributed by atoms with Gasteiger partial charge in [-0.25, -0.2) is 8.42 Å². The molecule has 0 saturated carbocycles. The van der Waals surface area contributed by atoms with Gasteiger partial charge in [0, 0.05) is 5.69 Å². The Morgan fingerprint density at radius 2 is 1.90 bits per heavy atom. The molecule has 108 valence electrons. The van der Waals surface area contributed by atoms with Crippen LogP contribution in [0.1, 0.15) is 0 Å². The van der Waals surface area contributed by atoms with Crippen molar-refractivity contribution in [1.29, 1.82) is 0 Å². The van der Waals surface area contributed by atoms with Gasteiger partial charge < -0.3 is 10.0 Å². The number of nitrogens with zero attached hydrogens (tertiary/aromatic N) is 1. The van der Waals surface area contributed by atoms with Gasteiger partial charge in [-0.2, -0.15) is 8.78 Å². The summed E-state index contributed by atoms with van der Waals surface area (Å²) < 4.78 is 47.1. The standard InChI is InChI=1S/C12H11F2NO4S/c1-2-7-15(8-11(16)17)9-3-5-10(6-4-9)20(18,19)12(13)14/h1,3-6,12H,7-8H2,(H,16,17). The van der Waals surface area contributed by atoms with E-state index in [-0.39, 0.29) is 13.1 Å². The van der Waals surface area contributed by atoms with Crippen molar-refractivity contribution in [2.24, 2.45) is 0 Å². The normalized spacial score (nSPS) is 11.1. The summed E-state index contributed by atoms with van der Waals surface area (Å²) in [7, 11) is -4.66. The largest absolute Gasteiger partial charge is 0.480 e. The molecule has 0 radical (unpaired) electrons. The maximum absolute atomic E-state index is 12.3. The lowest BCUT2D eigenvalue weighted by Crippen LogP contribution is -2.29. The van der Waals surface area contributed by atoms with Crippen LogP contribution < -0.4 is 4.90 Å². The quantitative estimate of drug-likeness (QED) is 0.800. The van der Waals surface area contributed by atoms with E-state index >= 15 is 0 Å². The first-order chi connectivity index (χ1) is 9.28. The SMILES string of the molecule is C#CCN(CC(=O)O)c1ccc(S(=O)(=O)C(F)F)cc1. The van der Waals surface area contributed by atoms with Crippen molar-refractivity contribution < 1.29 is 27.1 Å². The minimum absolute atomic E-state index is 0.00670. The van der Waals surface area contributed by atoms with E-state index in [0.717, 1.165) is 12.1 Å². The van der Waals surface area contributed by atoms with E-state index in [1.807, 2.05) is 0 Å². The zero-order chi connectivity index (χ0) is 15.3. The zero-order valence-corrected chi connectivity index (χ0v) is 11.0. The molecule has 0 heterocycles. The van der Waals surface area contributed by atoms with Gasteiger partial charge in [0.15, 0.2) is 0 Å². The Hall–Kier alpha value is -2.14. The number of anilines is 1. The molecule has 0 aliphatic carbocycles. The van der Waals surface area contributed by atoms with Gasteiger partial charge in [-0.15, -0.1) is 6.42 Å². The van der Waals surface area contributed by atoms with Crippen LogP contribution in [0.15, 0.2) is 29.2 Å². The summed E-state index contributed by atoms with van der Waals surface area (Å²) >= 11 is 0. The lowest BCUT2D eigenvalue weighted by atomic mass is 10.3. The summed E-state index contributed by atoms with van der Waals surface area (Å²) in [5, 5.41) is 8.72. The summed E-state index contributed by atoms with van der Waals surface area (Å²) in [6, 6.07) is 4.44. The number of hydrogen-bond donors (Lipinski definition) is 1. The van der Waals surface area contributed by atoms with Crippen molar-refractivity contribution in [3.63, 3.8) is 0 Å². The maximum Gasteiger partial charge on any atom is 0.341 e. The molecule has 0 unspecified atom stereocenters. The average Bonchev–Trinajstić information content (AvgIpc) is 2.37. The third-order valence-corrected chi connectivity index (χ3v) is 3.77. The number of hydrogen-bond acceptors (Lipinski definition) is 4. The van der Waals surface area contributed by atoms with Gasteiger partial charge in [-0.1, -0.05) is 5.92 Å². The molecule has 20 heavy (non-hydrogen) atoms. The summed E-state index contributed by atoms with van der Waals surface area (Å²) in [5.41, 5.74) is 0.332. The molecule has 0 spiro atoms. The van der Waals surface area contributed by atoms with Gasteiger partial charge >= 0.3 is 11.7 Å². The topological polar surface area (TPSA) is 74.7 Å². The number of rotatable bonds is 6. The molecule has 0 saturated heterocycles. The number of aliphatic carboxylic acids is 1. The molecular formula is C12H11F2NO4S. The molecule has 1 N–H and O–H groups in total. The molecule has 1 aromatic rings. The molecule has 1 aromatic carbocycles. The highest BCUT2D eigenvalue weighted by molar-refractivity contribution is 7.91. The highest BCUT2D eigenvalue weighted by Crippen LogP contribution is 2.22. The van der Waals surface area contributed by atoms with E-state index < -0.39 is 26.5 Å². The number of carbonyl (C=O) groups is 1. The molecule has 8 heteroatoms. The van der Waals surface area contributed by atoms with Crippen LogP contribution in [-0.2, 0) is 14.6 Å². The van der Waals surface area contributed by atoms with Gasteiger partial charge in [0.05, 0.1) is 11.4 Å². The van der Waals surface area contributed by atoms with Gasteiger partial charge in [-0.3, -0.25) is 4.79 Å². The first-order valence-electron chi connectivity index (χ1n) is 5.31. The van der Waals surface area contributed by atoms with Crippen molar-refractivity contribution in [2.45, 2.75) is 10.7 Å². The number of carboxylic acids is 1. The molecule has 0 aliphatic rings. The monoisotopic (exact) mass is 303 g/mol. The number of carboxylic acid groups (broad SMARTS) is 1. The minimum atomic E-state index is -4.66. The third-order valence-electron chi connectivity index (χ3n) is 2.37. The van der Waals surface area contributed by atoms with Crippen molar-refractivity contribution in [1.82, 2.24) is 0 Å². The lowest BCUT2D eigenvalue weighted by Gasteiger charge is -2.20. The van der Waals surface area contributed by atoms with Crippen molar-refractivity contribution in [3.8, 4) is 12.3 Å². The van der Waals surface area contributed by atoms with Gasteiger partial charge in [0.25, 0.3) is 0 Å². The van der Waals surface area contributed by atoms with Crippen molar-refractivity contribution in [2.75, 3.05) is 18.0 Å². The van der Waals surface area contributed by atoms with Crippen LogP contribution in [0.2, 0.25) is 0 Å². The smallest absolute Gasteiger partial charge is 0.341 e. The number of terminal acetylenes is 1. The van der Waals surface area contributed by atoms with Crippen molar-refractivity contribution >= 4 is 21.5 Å². The van der Waals surface area contributed by atoms with Crippen LogP contribution in [0.4, 0.5) is 14.5 Å². The Balaban J connectivity index is 3.06. The number of benzene rings is 1. The molecule has 0 atom stereocenters. The lowest BCUT2D eigenvalue weighted by molar-refractivity contribution is -0.135. The summed E-state index contributed by atoms with van der Waals surface area (Å²) in [4.78, 5) is 11.4. The highest BCUT2D eigenvalue weighted by Gasteiger charge is 2.26. The van der Waals surface area contributed by atoms with Crippen LogP contribution in [0, 0.1) is 12.3 Å². The molecule has 0 aliphatic heterocycles. The van der Waals surface area contributed by atoms with E-state index in [1.54, 1.807) is 0 Å². The Kier molecular flexibility index (Phi) is 5.05. The molecular weight excluding hydrogens is 292 g/mol. The van der Waals surface area contributed by atoms with Crippen molar-refractivity contribution in [3.05, 3.63) is 24.3 Å². The fourth-order valence-electron chi connectivity index (χ4n) is 1.46. The number of alkyl halides is 2. The van der Waals surface area contributed by atoms with E-state index in [9.17, 15) is 22.0 Å². The minimum Gasteiger partial charge on any atom is -0.480 e. The third kappa shape index (κ3) is 3.68. The molecule has 0 bridgehead atoms. The maximum atomic E-state index is 12.3. The van der Waals surface area contributed by atoms with Crippen LogP contribution in [0.5, 0.6) is 0 Å². The van der Waals surface area contributed by atoms with Crippen LogP contribution >= 0.6 is 0 Å². The Labute approximate surface area is 114 Å². The predicted molar refractivity (Wildman–Crippen MR) is 68.3 cm³/mol. The van der Waals surface area contributed by atoms with E-state index in [4.69, 9.17) is 11.5 Å². The second-order valence-corrected chi connectivity index (χ2v) is 5.67. The predicted octanol–water partition coefficient (Wildman–Crippen LogP) is 1.21. The first kappa shape index (κ1) is 15.9. The van der Waals surface area contributed by atoms with E-state index in [0.29, 0.717) is 5.69 Å². The van der Waals surface area contributed by atoms with E-state index in [2.05, 4.69) is 5.92 Å². The Bertz CT molecular complexity index is 620. The molecule has 5 nitrogen and oxygen atoms in total. The highest BCUT2D eigenvalue weighted by atomic mass is 32.2. The zero-order valence-electron chi connectivity index (χ0n) is 10.2. The van der Waals surface area contributed by atoms with Gasteiger partial charge in [0.1, 0.15) is 6.54 Å². The van der Waals surface area contributed by atoms with Crippen LogP contribution in [0.3, 0.4) is 0 Å². The molecule has 1 rings (SSSR count). The summed E-state index contributed by atoms with van der Waals surface area (Å²) in [6.45, 7) is -0.390. The Morgan fingerprint density at radius 1 is 1.35 bits per heavy atom. The number of sulfone groups is 1. The van der Waals surface area contributed by atoms with Gasteiger partial charge in [-0.05, 0) is 24.3 Å². The molecule has 0 fully saturated rings. The van der Waals surface area contributed by atoms with Crippen LogP contribution in [0.25, 0.3) is 0 Å². The average molecular weight is 303 g/mol. The molecule has 0 aromatic heterocycles. The summed E-state index contributed by atoms with van der Waals surface area (Å²) in [6.07, 6.45) is 5.10. The molecule has 0 amide bonds. The first-order valence-corrected chi connectivity index (χ1v) is 6.86. The van der Waals surface area contributed by atoms with Crippen LogP contribution in [-0.4, -0.2) is 38.3 Å². The Morgan fingerprint density at radius 3 is 2.30 bits per heavy atom. The summed E-state index contributed by atoms with van der Waals surface area (Å²) in [5.74, 6) is -2.37. The second-order valence-electron chi connectivity index (χ2n) is 3.75. The fraction of sp³-hybridized carbons (Fsp3) is 0.250. The fourth-order valence-corrected chi connectivity index (χ4v) is 2.18. The number of halogens is 2.